The molecule has 2 rings (SSSR count). The van der Waals surface area contributed by atoms with E-state index in [1.165, 1.54) is 19.3 Å². The van der Waals surface area contributed by atoms with Crippen LogP contribution in [0.4, 0.5) is 4.79 Å². The van der Waals surface area contributed by atoms with Gasteiger partial charge in [0.2, 0.25) is 0 Å². The Morgan fingerprint density at radius 1 is 1.12 bits per heavy atom. The summed E-state index contributed by atoms with van der Waals surface area (Å²) in [7, 11) is 0. The van der Waals surface area contributed by atoms with Gasteiger partial charge in [-0.25, -0.2) is 4.79 Å². The minimum Gasteiger partial charge on any atom is -0.377 e. The van der Waals surface area contributed by atoms with E-state index in [1.54, 1.807) is 0 Å². The molecule has 0 aromatic heterocycles. The lowest BCUT2D eigenvalue weighted by Crippen LogP contribution is -2.57. The van der Waals surface area contributed by atoms with E-state index in [2.05, 4.69) is 19.2 Å². The molecule has 0 spiro atoms. The molecule has 1 aliphatic heterocycles. The number of rotatable bonds is 1. The molecule has 0 radical (unpaired) electrons. The molecule has 1 saturated heterocycles. The normalized spacial score (nSPS) is 31.3. The molecule has 4 heteroatoms. The van der Waals surface area contributed by atoms with Crippen molar-refractivity contribution in [1.82, 2.24) is 10.2 Å². The van der Waals surface area contributed by atoms with Crippen molar-refractivity contribution in [2.45, 2.75) is 64.1 Å². The van der Waals surface area contributed by atoms with E-state index >= 15 is 0 Å². The highest BCUT2D eigenvalue weighted by Gasteiger charge is 2.30. The van der Waals surface area contributed by atoms with E-state index in [9.17, 15) is 4.79 Å². The van der Waals surface area contributed by atoms with Crippen LogP contribution >= 0.6 is 0 Å². The number of carbonyl (C=O) groups is 1. The van der Waals surface area contributed by atoms with Crippen LogP contribution in [-0.2, 0) is 4.74 Å². The molecule has 98 valence electrons. The van der Waals surface area contributed by atoms with Gasteiger partial charge in [-0.1, -0.05) is 19.3 Å². The van der Waals surface area contributed by atoms with Gasteiger partial charge in [0.25, 0.3) is 0 Å². The second kappa shape index (κ2) is 5.71. The average molecular weight is 240 g/mol. The van der Waals surface area contributed by atoms with Crippen LogP contribution < -0.4 is 5.32 Å². The summed E-state index contributed by atoms with van der Waals surface area (Å²) in [5.41, 5.74) is 0. The number of carbonyl (C=O) groups excluding carboxylic acids is 1. The van der Waals surface area contributed by atoms with Crippen LogP contribution in [0.25, 0.3) is 0 Å². The standard InChI is InChI=1S/C13H24N2O2/c1-10-8-17-9-11(2)15(10)13(16)14-12-6-4-3-5-7-12/h10-12H,3-9H2,1-2H3,(H,14,16). The molecule has 1 N–H and O–H groups in total. The van der Waals surface area contributed by atoms with Gasteiger partial charge in [0.1, 0.15) is 0 Å². The van der Waals surface area contributed by atoms with Gasteiger partial charge >= 0.3 is 6.03 Å². The molecule has 0 aromatic carbocycles. The van der Waals surface area contributed by atoms with Crippen molar-refractivity contribution < 1.29 is 9.53 Å². The fourth-order valence-corrected chi connectivity index (χ4v) is 2.90. The molecule has 0 bridgehead atoms. The molecular formula is C13H24N2O2. The molecule has 0 aromatic rings. The van der Waals surface area contributed by atoms with E-state index in [0.29, 0.717) is 19.3 Å². The Hall–Kier alpha value is -0.770. The van der Waals surface area contributed by atoms with E-state index in [4.69, 9.17) is 4.74 Å². The number of nitrogens with one attached hydrogen (secondary N) is 1. The van der Waals surface area contributed by atoms with E-state index in [1.807, 2.05) is 4.90 Å². The van der Waals surface area contributed by atoms with Gasteiger partial charge < -0.3 is 15.0 Å². The Bertz CT molecular complexity index is 254. The number of morpholine rings is 1. The largest absolute Gasteiger partial charge is 0.377 e. The first-order valence-electron chi connectivity index (χ1n) is 6.85. The smallest absolute Gasteiger partial charge is 0.318 e. The van der Waals surface area contributed by atoms with Crippen molar-refractivity contribution in [2.75, 3.05) is 13.2 Å². The second-order valence-corrected chi connectivity index (χ2v) is 5.43. The summed E-state index contributed by atoms with van der Waals surface area (Å²) in [5.74, 6) is 0. The summed E-state index contributed by atoms with van der Waals surface area (Å²) in [5, 5.41) is 3.18. The van der Waals surface area contributed by atoms with Crippen molar-refractivity contribution in [2.24, 2.45) is 0 Å². The number of urea groups is 1. The van der Waals surface area contributed by atoms with Crippen LogP contribution in [0.2, 0.25) is 0 Å². The third kappa shape index (κ3) is 3.12. The quantitative estimate of drug-likeness (QED) is 0.763. The summed E-state index contributed by atoms with van der Waals surface area (Å²) in [6, 6.07) is 0.850. The van der Waals surface area contributed by atoms with Gasteiger partial charge in [-0.05, 0) is 26.7 Å². The van der Waals surface area contributed by atoms with Crippen LogP contribution in [0.5, 0.6) is 0 Å². The van der Waals surface area contributed by atoms with Gasteiger partial charge in [0, 0.05) is 6.04 Å². The highest BCUT2D eigenvalue weighted by Crippen LogP contribution is 2.19. The van der Waals surface area contributed by atoms with Gasteiger partial charge in [-0.2, -0.15) is 0 Å². The monoisotopic (exact) mass is 240 g/mol. The topological polar surface area (TPSA) is 41.6 Å². The number of nitrogens with zero attached hydrogens (tertiary/aromatic N) is 1. The number of amides is 2. The second-order valence-electron chi connectivity index (χ2n) is 5.43. The summed E-state index contributed by atoms with van der Waals surface area (Å²) < 4.78 is 5.44. The zero-order valence-corrected chi connectivity index (χ0v) is 10.9. The summed E-state index contributed by atoms with van der Waals surface area (Å²) in [6.07, 6.45) is 6.09. The SMILES string of the molecule is CC1COCC(C)N1C(=O)NC1CCCCC1. The average Bonchev–Trinajstić information content (AvgIpc) is 2.30. The predicted octanol–water partition coefficient (Wildman–Crippen LogP) is 2.14. The Kier molecular flexibility index (Phi) is 4.26. The van der Waals surface area contributed by atoms with Crippen molar-refractivity contribution in [1.29, 1.82) is 0 Å². The minimum absolute atomic E-state index is 0.0974. The Morgan fingerprint density at radius 3 is 2.29 bits per heavy atom. The first kappa shape index (κ1) is 12.7. The minimum atomic E-state index is 0.0974. The van der Waals surface area contributed by atoms with E-state index < -0.39 is 0 Å². The lowest BCUT2D eigenvalue weighted by Gasteiger charge is -2.39. The van der Waals surface area contributed by atoms with Crippen LogP contribution in [0.15, 0.2) is 0 Å². The lowest BCUT2D eigenvalue weighted by atomic mass is 9.95. The zero-order chi connectivity index (χ0) is 12.3. The molecule has 2 fully saturated rings. The third-order valence-corrected chi connectivity index (χ3v) is 3.84. The molecule has 1 heterocycles. The molecule has 4 nitrogen and oxygen atoms in total. The van der Waals surface area contributed by atoms with Gasteiger partial charge in [0.05, 0.1) is 25.3 Å². The molecule has 2 amide bonds. The Balaban J connectivity index is 1.88. The molecule has 2 atom stereocenters. The van der Waals surface area contributed by atoms with Crippen molar-refractivity contribution in [3.05, 3.63) is 0 Å². The first-order valence-corrected chi connectivity index (χ1v) is 6.85. The highest BCUT2D eigenvalue weighted by molar-refractivity contribution is 5.75. The van der Waals surface area contributed by atoms with Gasteiger partial charge in [0.15, 0.2) is 0 Å². The van der Waals surface area contributed by atoms with Crippen molar-refractivity contribution >= 4 is 6.03 Å². The molecule has 2 aliphatic rings. The summed E-state index contributed by atoms with van der Waals surface area (Å²) in [6.45, 7) is 5.41. The highest BCUT2D eigenvalue weighted by atomic mass is 16.5. The molecule has 17 heavy (non-hydrogen) atoms. The van der Waals surface area contributed by atoms with E-state index in [0.717, 1.165) is 12.8 Å². The van der Waals surface area contributed by atoms with Crippen LogP contribution in [0.1, 0.15) is 46.0 Å². The number of hydrogen-bond donors (Lipinski definition) is 1. The maximum atomic E-state index is 12.2. The Morgan fingerprint density at radius 2 is 1.71 bits per heavy atom. The maximum Gasteiger partial charge on any atom is 0.318 e. The molecule has 1 aliphatic carbocycles. The fraction of sp³-hybridized carbons (Fsp3) is 0.923. The summed E-state index contributed by atoms with van der Waals surface area (Å²) >= 11 is 0. The van der Waals surface area contributed by atoms with Crippen LogP contribution in [-0.4, -0.2) is 42.3 Å². The molecule has 2 unspecified atom stereocenters. The third-order valence-electron chi connectivity index (χ3n) is 3.84. The lowest BCUT2D eigenvalue weighted by molar-refractivity contribution is -0.0148. The number of hydrogen-bond acceptors (Lipinski definition) is 2. The Labute approximate surface area is 104 Å². The van der Waals surface area contributed by atoms with Gasteiger partial charge in [-0.15, -0.1) is 0 Å². The fourth-order valence-electron chi connectivity index (χ4n) is 2.90. The maximum absolute atomic E-state index is 12.2. The van der Waals surface area contributed by atoms with Crippen LogP contribution in [0.3, 0.4) is 0 Å². The van der Waals surface area contributed by atoms with Crippen LogP contribution in [0, 0.1) is 0 Å². The van der Waals surface area contributed by atoms with Crippen molar-refractivity contribution in [3.8, 4) is 0 Å². The van der Waals surface area contributed by atoms with Crippen molar-refractivity contribution in [3.63, 3.8) is 0 Å². The number of ether oxygens (including phenoxy) is 1. The predicted molar refractivity (Wildman–Crippen MR) is 67.0 cm³/mol. The molecule has 1 saturated carbocycles. The summed E-state index contributed by atoms with van der Waals surface area (Å²) in [4.78, 5) is 14.2. The molecular weight excluding hydrogens is 216 g/mol. The first-order chi connectivity index (χ1) is 8.18. The van der Waals surface area contributed by atoms with Gasteiger partial charge in [-0.3, -0.25) is 0 Å². The van der Waals surface area contributed by atoms with E-state index in [-0.39, 0.29) is 18.1 Å². The zero-order valence-electron chi connectivity index (χ0n) is 10.9.